The molecule has 1 saturated heterocycles. The van der Waals surface area contributed by atoms with Crippen LogP contribution in [0.3, 0.4) is 0 Å². The Hall–Kier alpha value is -0.860. The Morgan fingerprint density at radius 1 is 1.12 bits per heavy atom. The lowest BCUT2D eigenvalue weighted by atomic mass is 9.95. The molecule has 1 heterocycles. The van der Waals surface area contributed by atoms with Crippen LogP contribution in [-0.2, 0) is 4.74 Å². The lowest BCUT2D eigenvalue weighted by molar-refractivity contribution is -0.0232. The number of aryl methyl sites for hydroxylation is 3. The summed E-state index contributed by atoms with van der Waals surface area (Å²) in [5.41, 5.74) is 5.47. The van der Waals surface area contributed by atoms with E-state index in [4.69, 9.17) is 4.74 Å². The topological polar surface area (TPSA) is 21.3 Å². The van der Waals surface area contributed by atoms with Crippen LogP contribution in [0.25, 0.3) is 0 Å². The Morgan fingerprint density at radius 3 is 2.35 bits per heavy atom. The van der Waals surface area contributed by atoms with E-state index in [1.807, 2.05) is 0 Å². The van der Waals surface area contributed by atoms with Crippen LogP contribution in [0.2, 0.25) is 0 Å². The molecule has 0 bridgehead atoms. The molecular weight excluding hydrogens is 210 g/mol. The third kappa shape index (κ3) is 2.70. The first-order valence-corrected chi connectivity index (χ1v) is 6.33. The second kappa shape index (κ2) is 4.43. The molecule has 1 aliphatic heterocycles. The quantitative estimate of drug-likeness (QED) is 0.805. The zero-order chi connectivity index (χ0) is 12.6. The smallest absolute Gasteiger partial charge is 0.0953 e. The number of morpholine rings is 1. The Kier molecular flexibility index (Phi) is 3.28. The molecule has 94 valence electrons. The van der Waals surface area contributed by atoms with Crippen LogP contribution in [0, 0.1) is 20.8 Å². The molecule has 0 spiro atoms. The van der Waals surface area contributed by atoms with Crippen molar-refractivity contribution >= 4 is 0 Å². The summed E-state index contributed by atoms with van der Waals surface area (Å²) >= 11 is 0. The van der Waals surface area contributed by atoms with Gasteiger partial charge in [0.05, 0.1) is 12.7 Å². The van der Waals surface area contributed by atoms with Gasteiger partial charge in [0.2, 0.25) is 0 Å². The van der Waals surface area contributed by atoms with E-state index in [1.165, 1.54) is 22.3 Å². The van der Waals surface area contributed by atoms with Crippen LogP contribution < -0.4 is 5.32 Å². The molecule has 0 radical (unpaired) electrons. The zero-order valence-electron chi connectivity index (χ0n) is 11.6. The van der Waals surface area contributed by atoms with Gasteiger partial charge in [-0.2, -0.15) is 0 Å². The van der Waals surface area contributed by atoms with Gasteiger partial charge in [0.25, 0.3) is 0 Å². The molecule has 2 heteroatoms. The summed E-state index contributed by atoms with van der Waals surface area (Å²) in [6.07, 6.45) is 0.197. The van der Waals surface area contributed by atoms with Crippen molar-refractivity contribution in [3.63, 3.8) is 0 Å². The Bertz CT molecular complexity index is 413. The maximum atomic E-state index is 5.99. The van der Waals surface area contributed by atoms with Gasteiger partial charge in [0.1, 0.15) is 0 Å². The fourth-order valence-corrected chi connectivity index (χ4v) is 2.32. The van der Waals surface area contributed by atoms with E-state index in [1.54, 1.807) is 0 Å². The van der Waals surface area contributed by atoms with Gasteiger partial charge in [-0.25, -0.2) is 0 Å². The molecule has 2 nitrogen and oxygen atoms in total. The minimum atomic E-state index is 0.101. The molecule has 1 aromatic rings. The summed E-state index contributed by atoms with van der Waals surface area (Å²) < 4.78 is 5.99. The van der Waals surface area contributed by atoms with Crippen LogP contribution in [0.4, 0.5) is 0 Å². The maximum absolute atomic E-state index is 5.99. The molecule has 2 rings (SSSR count). The van der Waals surface area contributed by atoms with Crippen LogP contribution in [0.15, 0.2) is 12.1 Å². The van der Waals surface area contributed by atoms with E-state index in [-0.39, 0.29) is 11.6 Å². The highest BCUT2D eigenvalue weighted by molar-refractivity contribution is 5.38. The van der Waals surface area contributed by atoms with Crippen LogP contribution in [0.1, 0.15) is 42.2 Å². The van der Waals surface area contributed by atoms with E-state index in [9.17, 15) is 0 Å². The number of rotatable bonds is 1. The SMILES string of the molecule is Cc1cc(C)c(C2CNC(C)(C)CO2)cc1C. The highest BCUT2D eigenvalue weighted by Crippen LogP contribution is 2.27. The largest absolute Gasteiger partial charge is 0.370 e. The van der Waals surface area contributed by atoms with Gasteiger partial charge in [0, 0.05) is 12.1 Å². The third-order valence-electron chi connectivity index (χ3n) is 3.64. The molecule has 0 aromatic heterocycles. The number of hydrogen-bond donors (Lipinski definition) is 1. The molecule has 1 N–H and O–H groups in total. The number of hydrogen-bond acceptors (Lipinski definition) is 2. The molecule has 0 amide bonds. The zero-order valence-corrected chi connectivity index (χ0v) is 11.6. The van der Waals surface area contributed by atoms with Crippen LogP contribution in [-0.4, -0.2) is 18.7 Å². The molecule has 17 heavy (non-hydrogen) atoms. The lowest BCUT2D eigenvalue weighted by Crippen LogP contribution is -2.50. The molecular formula is C15H23NO. The first-order valence-electron chi connectivity index (χ1n) is 6.33. The summed E-state index contributed by atoms with van der Waals surface area (Å²) in [6.45, 7) is 12.5. The monoisotopic (exact) mass is 233 g/mol. The molecule has 0 saturated carbocycles. The normalized spacial score (nSPS) is 23.7. The molecule has 1 atom stereocenters. The van der Waals surface area contributed by atoms with Crippen molar-refractivity contribution in [2.75, 3.05) is 13.2 Å². The average molecular weight is 233 g/mol. The van der Waals surface area contributed by atoms with Gasteiger partial charge in [-0.1, -0.05) is 12.1 Å². The van der Waals surface area contributed by atoms with Crippen molar-refractivity contribution in [3.05, 3.63) is 34.4 Å². The lowest BCUT2D eigenvalue weighted by Gasteiger charge is -2.36. The van der Waals surface area contributed by atoms with Crippen LogP contribution >= 0.6 is 0 Å². The van der Waals surface area contributed by atoms with Crippen molar-refractivity contribution in [1.29, 1.82) is 0 Å². The predicted molar refractivity (Wildman–Crippen MR) is 71.4 cm³/mol. The standard InChI is InChI=1S/C15H23NO/c1-10-6-12(3)13(7-11(10)2)14-8-16-15(4,5)9-17-14/h6-7,14,16H,8-9H2,1-5H3. The number of nitrogens with one attached hydrogen (secondary N) is 1. The minimum Gasteiger partial charge on any atom is -0.370 e. The van der Waals surface area contributed by atoms with Crippen molar-refractivity contribution in [3.8, 4) is 0 Å². The van der Waals surface area contributed by atoms with Gasteiger partial charge in [-0.3, -0.25) is 0 Å². The van der Waals surface area contributed by atoms with E-state index in [0.717, 1.165) is 13.2 Å². The molecule has 1 aliphatic rings. The summed E-state index contributed by atoms with van der Waals surface area (Å²) in [5, 5.41) is 3.54. The Labute approximate surface area is 104 Å². The molecule has 1 fully saturated rings. The highest BCUT2D eigenvalue weighted by Gasteiger charge is 2.28. The maximum Gasteiger partial charge on any atom is 0.0953 e. The highest BCUT2D eigenvalue weighted by atomic mass is 16.5. The fraction of sp³-hybridized carbons (Fsp3) is 0.600. The molecule has 0 aliphatic carbocycles. The summed E-state index contributed by atoms with van der Waals surface area (Å²) in [5.74, 6) is 0. The van der Waals surface area contributed by atoms with Gasteiger partial charge in [0.15, 0.2) is 0 Å². The van der Waals surface area contributed by atoms with E-state index < -0.39 is 0 Å². The van der Waals surface area contributed by atoms with E-state index >= 15 is 0 Å². The van der Waals surface area contributed by atoms with Crippen molar-refractivity contribution < 1.29 is 4.74 Å². The first-order chi connectivity index (χ1) is 7.89. The average Bonchev–Trinajstić information content (AvgIpc) is 2.24. The Morgan fingerprint density at radius 2 is 1.76 bits per heavy atom. The molecule has 1 aromatic carbocycles. The predicted octanol–water partition coefficient (Wildman–Crippen LogP) is 3.05. The molecule has 1 unspecified atom stereocenters. The second-order valence-electron chi connectivity index (χ2n) is 5.86. The fourth-order valence-electron chi connectivity index (χ4n) is 2.32. The Balaban J connectivity index is 2.21. The summed E-state index contributed by atoms with van der Waals surface area (Å²) in [4.78, 5) is 0. The number of ether oxygens (including phenoxy) is 1. The van der Waals surface area contributed by atoms with Crippen molar-refractivity contribution in [1.82, 2.24) is 5.32 Å². The summed E-state index contributed by atoms with van der Waals surface area (Å²) in [7, 11) is 0. The van der Waals surface area contributed by atoms with Gasteiger partial charge >= 0.3 is 0 Å². The van der Waals surface area contributed by atoms with Crippen molar-refractivity contribution in [2.45, 2.75) is 46.3 Å². The van der Waals surface area contributed by atoms with E-state index in [2.05, 4.69) is 52.1 Å². The van der Waals surface area contributed by atoms with Gasteiger partial charge < -0.3 is 10.1 Å². The minimum absolute atomic E-state index is 0.101. The summed E-state index contributed by atoms with van der Waals surface area (Å²) in [6, 6.07) is 4.53. The van der Waals surface area contributed by atoms with E-state index in [0.29, 0.717) is 0 Å². The van der Waals surface area contributed by atoms with Gasteiger partial charge in [-0.05, 0) is 56.9 Å². The van der Waals surface area contributed by atoms with Crippen molar-refractivity contribution in [2.24, 2.45) is 0 Å². The number of benzene rings is 1. The third-order valence-corrected chi connectivity index (χ3v) is 3.64. The first kappa shape index (κ1) is 12.6. The van der Waals surface area contributed by atoms with Gasteiger partial charge in [-0.15, -0.1) is 0 Å². The van der Waals surface area contributed by atoms with Crippen LogP contribution in [0.5, 0.6) is 0 Å². The second-order valence-corrected chi connectivity index (χ2v) is 5.86.